The van der Waals surface area contributed by atoms with E-state index in [0.717, 1.165) is 29.5 Å². The SMILES string of the molecule is CC.CC(C)c1nnc2c(NCc3ccccc3)cc(NC3(C)CCCC3)nn12. The lowest BCUT2D eigenvalue weighted by atomic mass is 10.0. The highest BCUT2D eigenvalue weighted by Crippen LogP contribution is 2.33. The van der Waals surface area contributed by atoms with E-state index in [1.54, 1.807) is 0 Å². The highest BCUT2D eigenvalue weighted by molar-refractivity contribution is 5.70. The molecule has 0 unspecified atom stereocenters. The fourth-order valence-electron chi connectivity index (χ4n) is 3.83. The first kappa shape index (κ1) is 21.1. The van der Waals surface area contributed by atoms with Crippen LogP contribution in [0.4, 0.5) is 11.5 Å². The molecule has 1 aromatic carbocycles. The fourth-order valence-corrected chi connectivity index (χ4v) is 3.83. The molecule has 156 valence electrons. The molecule has 1 saturated carbocycles. The van der Waals surface area contributed by atoms with Gasteiger partial charge in [0.05, 0.1) is 5.69 Å². The van der Waals surface area contributed by atoms with Gasteiger partial charge in [-0.2, -0.15) is 4.52 Å². The summed E-state index contributed by atoms with van der Waals surface area (Å²) in [6, 6.07) is 12.5. The van der Waals surface area contributed by atoms with E-state index in [2.05, 4.69) is 71.9 Å². The quantitative estimate of drug-likeness (QED) is 0.567. The zero-order valence-corrected chi connectivity index (χ0v) is 18.4. The molecule has 2 N–H and O–H groups in total. The van der Waals surface area contributed by atoms with Gasteiger partial charge in [-0.3, -0.25) is 0 Å². The topological polar surface area (TPSA) is 67.1 Å². The minimum absolute atomic E-state index is 0.114. The van der Waals surface area contributed by atoms with Gasteiger partial charge in [-0.25, -0.2) is 0 Å². The van der Waals surface area contributed by atoms with Gasteiger partial charge in [0.1, 0.15) is 5.82 Å². The van der Waals surface area contributed by atoms with Crippen LogP contribution >= 0.6 is 0 Å². The number of anilines is 2. The third-order valence-corrected chi connectivity index (χ3v) is 5.37. The summed E-state index contributed by atoms with van der Waals surface area (Å²) in [6.07, 6.45) is 4.90. The van der Waals surface area contributed by atoms with Crippen LogP contribution in [0.15, 0.2) is 36.4 Å². The molecule has 0 amide bonds. The Kier molecular flexibility index (Phi) is 6.72. The number of fused-ring (bicyclic) bond motifs is 1. The molecule has 0 saturated heterocycles. The smallest absolute Gasteiger partial charge is 0.201 e. The Bertz CT molecular complexity index is 910. The van der Waals surface area contributed by atoms with Crippen molar-refractivity contribution in [1.82, 2.24) is 19.8 Å². The van der Waals surface area contributed by atoms with Crippen LogP contribution in [0, 0.1) is 0 Å². The predicted octanol–water partition coefficient (Wildman–Crippen LogP) is 5.63. The van der Waals surface area contributed by atoms with Gasteiger partial charge in [0.2, 0.25) is 5.65 Å². The van der Waals surface area contributed by atoms with E-state index in [1.807, 2.05) is 24.4 Å². The Morgan fingerprint density at radius 3 is 2.41 bits per heavy atom. The number of nitrogens with zero attached hydrogens (tertiary/aromatic N) is 4. The van der Waals surface area contributed by atoms with Crippen LogP contribution in [0.2, 0.25) is 0 Å². The summed E-state index contributed by atoms with van der Waals surface area (Å²) < 4.78 is 1.89. The monoisotopic (exact) mass is 394 g/mol. The van der Waals surface area contributed by atoms with Gasteiger partial charge in [-0.05, 0) is 25.3 Å². The van der Waals surface area contributed by atoms with Gasteiger partial charge in [0.15, 0.2) is 5.82 Å². The maximum absolute atomic E-state index is 4.82. The number of benzene rings is 1. The van der Waals surface area contributed by atoms with Crippen molar-refractivity contribution in [3.05, 3.63) is 47.8 Å². The molecule has 29 heavy (non-hydrogen) atoms. The highest BCUT2D eigenvalue weighted by atomic mass is 15.4. The van der Waals surface area contributed by atoms with E-state index in [-0.39, 0.29) is 11.5 Å². The van der Waals surface area contributed by atoms with Crippen LogP contribution in [0.3, 0.4) is 0 Å². The van der Waals surface area contributed by atoms with Gasteiger partial charge >= 0.3 is 0 Å². The molecule has 2 aromatic heterocycles. The lowest BCUT2D eigenvalue weighted by Gasteiger charge is -2.26. The molecule has 1 fully saturated rings. The first-order valence-corrected chi connectivity index (χ1v) is 10.9. The van der Waals surface area contributed by atoms with Crippen LogP contribution in [0.25, 0.3) is 5.65 Å². The van der Waals surface area contributed by atoms with Crippen LogP contribution < -0.4 is 10.6 Å². The predicted molar refractivity (Wildman–Crippen MR) is 120 cm³/mol. The van der Waals surface area contributed by atoms with Crippen molar-refractivity contribution in [2.75, 3.05) is 10.6 Å². The maximum Gasteiger partial charge on any atom is 0.201 e. The third-order valence-electron chi connectivity index (χ3n) is 5.37. The zero-order valence-electron chi connectivity index (χ0n) is 18.4. The Hall–Kier alpha value is -2.63. The molecule has 0 aliphatic heterocycles. The average molecular weight is 395 g/mol. The maximum atomic E-state index is 4.82. The van der Waals surface area contributed by atoms with E-state index in [4.69, 9.17) is 5.10 Å². The van der Waals surface area contributed by atoms with Crippen LogP contribution in [0.1, 0.15) is 77.6 Å². The first-order valence-electron chi connectivity index (χ1n) is 10.9. The number of hydrogen-bond acceptors (Lipinski definition) is 5. The highest BCUT2D eigenvalue weighted by Gasteiger charge is 2.29. The molecule has 0 radical (unpaired) electrons. The molecular weight excluding hydrogens is 360 g/mol. The van der Waals surface area contributed by atoms with E-state index in [9.17, 15) is 0 Å². The van der Waals surface area contributed by atoms with Crippen molar-refractivity contribution in [3.63, 3.8) is 0 Å². The van der Waals surface area contributed by atoms with E-state index in [1.165, 1.54) is 31.2 Å². The molecule has 0 spiro atoms. The summed E-state index contributed by atoms with van der Waals surface area (Å²) in [7, 11) is 0. The third kappa shape index (κ3) is 4.86. The number of rotatable bonds is 6. The number of nitrogens with one attached hydrogen (secondary N) is 2. The average Bonchev–Trinajstić information content (AvgIpc) is 3.35. The molecule has 0 atom stereocenters. The molecule has 6 nitrogen and oxygen atoms in total. The van der Waals surface area contributed by atoms with Crippen molar-refractivity contribution >= 4 is 17.2 Å². The molecule has 6 heteroatoms. The first-order chi connectivity index (χ1) is 14.0. The number of aromatic nitrogens is 4. The molecule has 3 aromatic rings. The van der Waals surface area contributed by atoms with Crippen molar-refractivity contribution in [2.45, 2.75) is 78.3 Å². The molecular formula is C23H34N6. The van der Waals surface area contributed by atoms with Crippen LogP contribution in [-0.4, -0.2) is 25.4 Å². The summed E-state index contributed by atoms with van der Waals surface area (Å²) in [5.41, 5.74) is 3.08. The Labute approximate surface area is 174 Å². The summed E-state index contributed by atoms with van der Waals surface area (Å²) in [4.78, 5) is 0. The minimum atomic E-state index is 0.114. The normalized spacial score (nSPS) is 15.2. The molecule has 1 aliphatic rings. The van der Waals surface area contributed by atoms with Crippen LogP contribution in [-0.2, 0) is 6.54 Å². The zero-order chi connectivity index (χ0) is 20.9. The summed E-state index contributed by atoms with van der Waals surface area (Å²) in [5, 5.41) is 20.8. The van der Waals surface area contributed by atoms with Gasteiger partial charge in [0.25, 0.3) is 0 Å². The fraction of sp³-hybridized carbons (Fsp3) is 0.522. The standard InChI is InChI=1S/C21H28N6.C2H6/c1-15(2)19-24-25-20-17(22-14-16-9-5-4-6-10-16)13-18(26-27(19)20)23-21(3)11-7-8-12-21;1-2/h4-6,9-10,13,15,22H,7-8,11-12,14H2,1-3H3,(H,23,26);1-2H3. The van der Waals surface area contributed by atoms with E-state index in [0.29, 0.717) is 0 Å². The summed E-state index contributed by atoms with van der Waals surface area (Å²) in [6.45, 7) is 11.3. The van der Waals surface area contributed by atoms with Crippen molar-refractivity contribution in [3.8, 4) is 0 Å². The van der Waals surface area contributed by atoms with Crippen molar-refractivity contribution in [1.29, 1.82) is 0 Å². The largest absolute Gasteiger partial charge is 0.378 e. The lowest BCUT2D eigenvalue weighted by molar-refractivity contribution is 0.529. The Morgan fingerprint density at radius 2 is 1.76 bits per heavy atom. The second-order valence-electron chi connectivity index (χ2n) is 8.12. The number of hydrogen-bond donors (Lipinski definition) is 2. The molecule has 1 aliphatic carbocycles. The van der Waals surface area contributed by atoms with Crippen LogP contribution in [0.5, 0.6) is 0 Å². The van der Waals surface area contributed by atoms with Gasteiger partial charge in [-0.15, -0.1) is 15.3 Å². The summed E-state index contributed by atoms with van der Waals surface area (Å²) in [5.74, 6) is 2.02. The molecule has 2 heterocycles. The van der Waals surface area contributed by atoms with Gasteiger partial charge in [0, 0.05) is 24.1 Å². The van der Waals surface area contributed by atoms with Crippen molar-refractivity contribution in [2.24, 2.45) is 0 Å². The second-order valence-corrected chi connectivity index (χ2v) is 8.12. The Morgan fingerprint density at radius 1 is 1.07 bits per heavy atom. The summed E-state index contributed by atoms with van der Waals surface area (Å²) >= 11 is 0. The lowest BCUT2D eigenvalue weighted by Crippen LogP contribution is -2.31. The van der Waals surface area contributed by atoms with E-state index >= 15 is 0 Å². The molecule has 0 bridgehead atoms. The van der Waals surface area contributed by atoms with Gasteiger partial charge in [-0.1, -0.05) is 70.9 Å². The minimum Gasteiger partial charge on any atom is -0.378 e. The van der Waals surface area contributed by atoms with Crippen molar-refractivity contribution < 1.29 is 0 Å². The second kappa shape index (κ2) is 9.25. The molecule has 4 rings (SSSR count). The van der Waals surface area contributed by atoms with Gasteiger partial charge < -0.3 is 10.6 Å². The van der Waals surface area contributed by atoms with E-state index < -0.39 is 0 Å². The Balaban J connectivity index is 0.00000117.